The fourth-order valence-electron chi connectivity index (χ4n) is 3.05. The summed E-state index contributed by atoms with van der Waals surface area (Å²) in [5, 5.41) is 2.88. The van der Waals surface area contributed by atoms with Crippen LogP contribution in [0.25, 0.3) is 0 Å². The molecule has 0 fully saturated rings. The molecule has 164 valence electrons. The number of benzene rings is 2. The number of esters is 1. The first-order valence-electron chi connectivity index (χ1n) is 10.2. The quantitative estimate of drug-likeness (QED) is 0.286. The van der Waals surface area contributed by atoms with Crippen LogP contribution >= 0.6 is 0 Å². The maximum absolute atomic E-state index is 14.2. The lowest BCUT2D eigenvalue weighted by Gasteiger charge is -2.20. The second-order valence-corrected chi connectivity index (χ2v) is 6.85. The van der Waals surface area contributed by atoms with Crippen molar-refractivity contribution in [2.45, 2.75) is 33.4 Å². The van der Waals surface area contributed by atoms with Crippen molar-refractivity contribution in [3.63, 3.8) is 0 Å². The molecule has 0 saturated heterocycles. The summed E-state index contributed by atoms with van der Waals surface area (Å²) in [6.45, 7) is 4.29. The molecular formula is C23H26BF3N2O2. The van der Waals surface area contributed by atoms with Crippen LogP contribution in [0.4, 0.5) is 13.2 Å². The minimum absolute atomic E-state index is 0.0463. The summed E-state index contributed by atoms with van der Waals surface area (Å²) in [6, 6.07) is 17.4. The Morgan fingerprint density at radius 1 is 1.00 bits per heavy atom. The number of halogens is 3. The van der Waals surface area contributed by atoms with Gasteiger partial charge < -0.3 is 15.0 Å². The van der Waals surface area contributed by atoms with Crippen LogP contribution in [-0.4, -0.2) is 37.9 Å². The van der Waals surface area contributed by atoms with Crippen LogP contribution in [-0.2, 0) is 9.53 Å². The van der Waals surface area contributed by atoms with Crippen molar-refractivity contribution in [3.8, 4) is 0 Å². The van der Waals surface area contributed by atoms with Gasteiger partial charge in [-0.2, -0.15) is 13.2 Å². The molecule has 0 radical (unpaired) electrons. The monoisotopic (exact) mass is 430 g/mol. The molecule has 2 aromatic rings. The maximum Gasteiger partial charge on any atom is 0.432 e. The zero-order valence-electron chi connectivity index (χ0n) is 17.9. The molecule has 0 bridgehead atoms. The summed E-state index contributed by atoms with van der Waals surface area (Å²) in [4.78, 5) is 16.7. The Hall–Kier alpha value is -3.03. The van der Waals surface area contributed by atoms with Crippen molar-refractivity contribution in [2.75, 3.05) is 13.2 Å². The van der Waals surface area contributed by atoms with Crippen molar-refractivity contribution in [3.05, 3.63) is 71.9 Å². The van der Waals surface area contributed by atoms with E-state index in [1.165, 1.54) is 6.92 Å². The molecule has 0 aliphatic heterocycles. The largest absolute Gasteiger partial charge is 0.462 e. The highest BCUT2D eigenvalue weighted by Crippen LogP contribution is 2.25. The van der Waals surface area contributed by atoms with Crippen molar-refractivity contribution in [1.29, 1.82) is 0 Å². The second kappa shape index (κ2) is 11.4. The molecule has 0 heterocycles. The van der Waals surface area contributed by atoms with Gasteiger partial charge in [0.15, 0.2) is 0 Å². The minimum Gasteiger partial charge on any atom is -0.462 e. The predicted molar refractivity (Wildman–Crippen MR) is 119 cm³/mol. The van der Waals surface area contributed by atoms with Crippen LogP contribution in [0, 0.1) is 0 Å². The number of allylic oxidation sites excluding steroid dienone is 1. The molecule has 0 spiro atoms. The van der Waals surface area contributed by atoms with Gasteiger partial charge in [0.25, 0.3) is 0 Å². The number of nitrogens with one attached hydrogen (secondary N) is 1. The van der Waals surface area contributed by atoms with Gasteiger partial charge >= 0.3 is 19.0 Å². The molecule has 0 aromatic heterocycles. The Balaban J connectivity index is 2.73. The molecule has 1 N–H and O–H groups in total. The smallest absolute Gasteiger partial charge is 0.432 e. The van der Waals surface area contributed by atoms with E-state index in [1.54, 1.807) is 67.6 Å². The molecule has 0 atom stereocenters. The number of carbonyl (C=O) groups excluding carboxylic acids is 1. The van der Waals surface area contributed by atoms with Gasteiger partial charge in [-0.05, 0) is 31.2 Å². The first kappa shape index (κ1) is 24.2. The highest BCUT2D eigenvalue weighted by atomic mass is 19.4. The summed E-state index contributed by atoms with van der Waals surface area (Å²) in [7, 11) is 0. The Labute approximate surface area is 181 Å². The average Bonchev–Trinajstić information content (AvgIpc) is 2.75. The first-order valence-corrected chi connectivity index (χ1v) is 10.2. The number of rotatable bonds is 9. The normalized spacial score (nSPS) is 12.8. The molecule has 0 aliphatic carbocycles. The van der Waals surface area contributed by atoms with Gasteiger partial charge in [-0.15, -0.1) is 0 Å². The van der Waals surface area contributed by atoms with Crippen LogP contribution in [0.3, 0.4) is 0 Å². The van der Waals surface area contributed by atoms with Gasteiger partial charge in [-0.3, -0.25) is 0 Å². The van der Waals surface area contributed by atoms with Crippen molar-refractivity contribution < 1.29 is 22.7 Å². The summed E-state index contributed by atoms with van der Waals surface area (Å²) < 4.78 is 47.7. The van der Waals surface area contributed by atoms with Crippen LogP contribution in [0.15, 0.2) is 76.8 Å². The molecule has 8 heteroatoms. The molecule has 2 rings (SSSR count). The van der Waals surface area contributed by atoms with E-state index >= 15 is 0 Å². The van der Waals surface area contributed by atoms with Crippen LogP contribution in [0.1, 0.15) is 27.2 Å². The van der Waals surface area contributed by atoms with Crippen LogP contribution in [0.2, 0.25) is 0 Å². The third kappa shape index (κ3) is 6.74. The van der Waals surface area contributed by atoms with Gasteiger partial charge in [0.1, 0.15) is 11.3 Å². The van der Waals surface area contributed by atoms with Gasteiger partial charge in [-0.1, -0.05) is 67.6 Å². The van der Waals surface area contributed by atoms with Gasteiger partial charge in [0, 0.05) is 12.2 Å². The number of hydrogen-bond donors (Lipinski definition) is 1. The second-order valence-electron chi connectivity index (χ2n) is 6.85. The van der Waals surface area contributed by atoms with Crippen molar-refractivity contribution in [1.82, 2.24) is 5.32 Å². The highest BCUT2D eigenvalue weighted by molar-refractivity contribution is 6.84. The molecule has 2 aromatic carbocycles. The number of carbonyl (C=O) groups is 1. The van der Waals surface area contributed by atoms with E-state index in [4.69, 9.17) is 4.74 Å². The van der Waals surface area contributed by atoms with Crippen LogP contribution < -0.4 is 16.2 Å². The first-order chi connectivity index (χ1) is 14.8. The number of nitrogens with zero attached hydrogens (tertiary/aromatic N) is 1. The Morgan fingerprint density at radius 2 is 1.52 bits per heavy atom. The van der Waals surface area contributed by atoms with Crippen LogP contribution in [0.5, 0.6) is 0 Å². The molecule has 4 nitrogen and oxygen atoms in total. The zero-order chi connectivity index (χ0) is 22.9. The summed E-state index contributed by atoms with van der Waals surface area (Å²) in [5.41, 5.74) is -0.615. The van der Waals surface area contributed by atoms with Crippen molar-refractivity contribution in [2.24, 2.45) is 4.90 Å². The molecular weight excluding hydrogens is 404 g/mol. The zero-order valence-corrected chi connectivity index (χ0v) is 17.9. The molecule has 0 saturated carbocycles. The average molecular weight is 430 g/mol. The van der Waals surface area contributed by atoms with Gasteiger partial charge in [0.05, 0.1) is 6.61 Å². The summed E-state index contributed by atoms with van der Waals surface area (Å²) in [6.07, 6.45) is -4.18. The highest BCUT2D eigenvalue weighted by Gasteiger charge is 2.43. The number of hydrogen-bond acceptors (Lipinski definition) is 4. The Morgan fingerprint density at radius 3 is 1.94 bits per heavy atom. The Bertz CT molecular complexity index is 874. The van der Waals surface area contributed by atoms with Gasteiger partial charge in [0.2, 0.25) is 0 Å². The van der Waals surface area contributed by atoms with Crippen molar-refractivity contribution >= 4 is 29.5 Å². The molecule has 0 amide bonds. The lowest BCUT2D eigenvalue weighted by atomic mass is 9.51. The fraction of sp³-hybridized carbons (Fsp3) is 0.304. The van der Waals surface area contributed by atoms with Gasteiger partial charge in [-0.25, -0.2) is 4.79 Å². The third-order valence-electron chi connectivity index (χ3n) is 4.49. The van der Waals surface area contributed by atoms with E-state index < -0.39 is 30.3 Å². The lowest BCUT2D eigenvalue weighted by Crippen LogP contribution is -2.44. The van der Waals surface area contributed by atoms with E-state index in [0.717, 1.165) is 0 Å². The van der Waals surface area contributed by atoms with E-state index in [0.29, 0.717) is 23.9 Å². The fourth-order valence-corrected chi connectivity index (χ4v) is 3.05. The van der Waals surface area contributed by atoms with E-state index in [2.05, 4.69) is 10.2 Å². The minimum atomic E-state index is -4.86. The van der Waals surface area contributed by atoms with E-state index in [1.807, 2.05) is 6.92 Å². The number of ether oxygens (including phenoxy) is 1. The molecule has 0 unspecified atom stereocenters. The molecule has 31 heavy (non-hydrogen) atoms. The SMILES string of the molecule is CCCN/C(C)=C(C(=O)OCC)\C(=N/B(c1ccccc1)c1ccccc1)C(F)(F)F. The Kier molecular flexibility index (Phi) is 8.91. The lowest BCUT2D eigenvalue weighted by molar-refractivity contribution is -0.138. The standard InChI is InChI=1S/C23H26BF3N2O2/c1-4-16-28-17(3)20(22(30)31-5-2)21(23(25,26)27)29-24(18-12-8-6-9-13-18)19-14-10-7-11-15-19/h6-15,28H,4-5,16H2,1-3H3/b20-17+,29-21+. The van der Waals surface area contributed by atoms with E-state index in [9.17, 15) is 18.0 Å². The number of alkyl halides is 3. The topological polar surface area (TPSA) is 50.7 Å². The predicted octanol–water partition coefficient (Wildman–Crippen LogP) is 3.63. The summed E-state index contributed by atoms with van der Waals surface area (Å²) >= 11 is 0. The third-order valence-corrected chi connectivity index (χ3v) is 4.49. The maximum atomic E-state index is 14.2. The van der Waals surface area contributed by atoms with E-state index in [-0.39, 0.29) is 12.3 Å². The molecule has 0 aliphatic rings. The summed E-state index contributed by atoms with van der Waals surface area (Å²) in [5.74, 6) is -1.06.